The van der Waals surface area contributed by atoms with E-state index in [0.717, 1.165) is 30.5 Å². The third-order valence-corrected chi connectivity index (χ3v) is 6.40. The molecule has 0 aromatic heterocycles. The second-order valence-corrected chi connectivity index (χ2v) is 8.30. The van der Waals surface area contributed by atoms with E-state index in [2.05, 4.69) is 24.3 Å². The maximum Gasteiger partial charge on any atom is 0.337 e. The second kappa shape index (κ2) is 8.96. The van der Waals surface area contributed by atoms with Gasteiger partial charge in [0.2, 0.25) is 5.91 Å². The van der Waals surface area contributed by atoms with Gasteiger partial charge in [-0.25, -0.2) is 4.79 Å². The number of allylic oxidation sites excluding steroid dienone is 2. The van der Waals surface area contributed by atoms with Crippen LogP contribution in [0.4, 0.5) is 5.69 Å². The fourth-order valence-corrected chi connectivity index (χ4v) is 4.85. The molecule has 4 rings (SSSR count). The summed E-state index contributed by atoms with van der Waals surface area (Å²) in [7, 11) is 2.98. The first-order valence-corrected chi connectivity index (χ1v) is 10.9. The highest BCUT2D eigenvalue weighted by Crippen LogP contribution is 2.37. The van der Waals surface area contributed by atoms with Crippen molar-refractivity contribution in [1.29, 1.82) is 0 Å². The molecular weight excluding hydrogens is 390 g/mol. The summed E-state index contributed by atoms with van der Waals surface area (Å²) in [6.07, 6.45) is 8.35. The standard InChI is InChI=1S/C26H29NO4/c1-17(28)27(22-6-4-5-7-22)23-13-12-18-8-9-19(24(18)16-23)14-20-10-11-21(26(29)31-3)15-25(20)30-2/h9-13,15-16,22H,4-8,14H2,1-3H3. The van der Waals surface area contributed by atoms with Crippen molar-refractivity contribution in [1.82, 2.24) is 0 Å². The van der Waals surface area contributed by atoms with Gasteiger partial charge in [-0.2, -0.15) is 0 Å². The smallest absolute Gasteiger partial charge is 0.337 e. The first kappa shape index (κ1) is 21.2. The third-order valence-electron chi connectivity index (χ3n) is 6.40. The number of hydrogen-bond donors (Lipinski definition) is 0. The molecule has 1 fully saturated rings. The first-order valence-electron chi connectivity index (χ1n) is 10.9. The van der Waals surface area contributed by atoms with Gasteiger partial charge in [0.25, 0.3) is 0 Å². The number of amides is 1. The zero-order chi connectivity index (χ0) is 22.0. The number of rotatable bonds is 6. The molecular formula is C26H29NO4. The van der Waals surface area contributed by atoms with E-state index in [1.807, 2.05) is 11.0 Å². The van der Waals surface area contributed by atoms with Crippen LogP contribution >= 0.6 is 0 Å². The molecule has 2 aliphatic carbocycles. The SMILES string of the molecule is COC(=O)c1ccc(CC2=CCc3ccc(N(C(C)=O)C4CCCC4)cc32)c(OC)c1. The van der Waals surface area contributed by atoms with Crippen LogP contribution in [0, 0.1) is 0 Å². The van der Waals surface area contributed by atoms with E-state index >= 15 is 0 Å². The summed E-state index contributed by atoms with van der Waals surface area (Å²) in [5, 5.41) is 0. The summed E-state index contributed by atoms with van der Waals surface area (Å²) in [5.74, 6) is 0.399. The van der Waals surface area contributed by atoms with Crippen LogP contribution in [0.1, 0.15) is 59.7 Å². The number of fused-ring (bicyclic) bond motifs is 1. The number of carbonyl (C=O) groups excluding carboxylic acids is 2. The fourth-order valence-electron chi connectivity index (χ4n) is 4.85. The first-order chi connectivity index (χ1) is 15.0. The molecule has 0 radical (unpaired) electrons. The maximum atomic E-state index is 12.5. The monoisotopic (exact) mass is 419 g/mol. The van der Waals surface area contributed by atoms with Crippen molar-refractivity contribution in [2.75, 3.05) is 19.1 Å². The van der Waals surface area contributed by atoms with E-state index in [9.17, 15) is 9.59 Å². The van der Waals surface area contributed by atoms with Crippen LogP contribution in [0.2, 0.25) is 0 Å². The Bertz CT molecular complexity index is 1030. The van der Waals surface area contributed by atoms with E-state index in [-0.39, 0.29) is 11.9 Å². The molecule has 5 nitrogen and oxygen atoms in total. The van der Waals surface area contributed by atoms with Crippen LogP contribution in [0.5, 0.6) is 5.75 Å². The summed E-state index contributed by atoms with van der Waals surface area (Å²) >= 11 is 0. The van der Waals surface area contributed by atoms with Crippen molar-refractivity contribution in [3.8, 4) is 5.75 Å². The van der Waals surface area contributed by atoms with Crippen molar-refractivity contribution < 1.29 is 19.1 Å². The predicted octanol–water partition coefficient (Wildman–Crippen LogP) is 4.96. The molecule has 0 N–H and O–H groups in total. The van der Waals surface area contributed by atoms with E-state index < -0.39 is 0 Å². The predicted molar refractivity (Wildman–Crippen MR) is 122 cm³/mol. The van der Waals surface area contributed by atoms with Crippen molar-refractivity contribution in [2.45, 2.75) is 51.5 Å². The van der Waals surface area contributed by atoms with Gasteiger partial charge in [0.05, 0.1) is 19.8 Å². The summed E-state index contributed by atoms with van der Waals surface area (Å²) in [6, 6.07) is 12.1. The number of carbonyl (C=O) groups is 2. The number of benzene rings is 2. The molecule has 162 valence electrons. The lowest BCUT2D eigenvalue weighted by Gasteiger charge is -2.28. The molecule has 0 unspecified atom stereocenters. The lowest BCUT2D eigenvalue weighted by Crippen LogP contribution is -2.37. The van der Waals surface area contributed by atoms with Gasteiger partial charge in [0.1, 0.15) is 5.75 Å². The Balaban J connectivity index is 1.62. The fraction of sp³-hybridized carbons (Fsp3) is 0.385. The molecule has 2 aromatic carbocycles. The summed E-state index contributed by atoms with van der Waals surface area (Å²) in [4.78, 5) is 26.3. The van der Waals surface area contributed by atoms with E-state index in [1.54, 1.807) is 26.2 Å². The molecule has 31 heavy (non-hydrogen) atoms. The van der Waals surface area contributed by atoms with E-state index in [4.69, 9.17) is 9.47 Å². The van der Waals surface area contributed by atoms with Gasteiger partial charge < -0.3 is 14.4 Å². The minimum absolute atomic E-state index is 0.107. The van der Waals surface area contributed by atoms with Crippen molar-refractivity contribution in [3.63, 3.8) is 0 Å². The molecule has 0 saturated heterocycles. The second-order valence-electron chi connectivity index (χ2n) is 8.30. The number of ether oxygens (including phenoxy) is 2. The van der Waals surface area contributed by atoms with E-state index in [0.29, 0.717) is 23.8 Å². The highest BCUT2D eigenvalue weighted by molar-refractivity contribution is 5.93. The normalized spacial score (nSPS) is 15.4. The van der Waals surface area contributed by atoms with Gasteiger partial charge in [-0.3, -0.25) is 4.79 Å². The van der Waals surface area contributed by atoms with Crippen molar-refractivity contribution in [2.24, 2.45) is 0 Å². The Morgan fingerprint density at radius 1 is 1.06 bits per heavy atom. The quantitative estimate of drug-likeness (QED) is 0.621. The van der Waals surface area contributed by atoms with Crippen LogP contribution in [-0.4, -0.2) is 32.1 Å². The topological polar surface area (TPSA) is 55.8 Å². The third kappa shape index (κ3) is 4.22. The number of esters is 1. The Hall–Kier alpha value is -3.08. The van der Waals surface area contributed by atoms with Crippen LogP contribution in [-0.2, 0) is 22.4 Å². The summed E-state index contributed by atoms with van der Waals surface area (Å²) in [6.45, 7) is 1.66. The van der Waals surface area contributed by atoms with Gasteiger partial charge in [0.15, 0.2) is 0 Å². The molecule has 1 saturated carbocycles. The van der Waals surface area contributed by atoms with Gasteiger partial charge in [-0.1, -0.05) is 31.1 Å². The minimum Gasteiger partial charge on any atom is -0.496 e. The largest absolute Gasteiger partial charge is 0.496 e. The van der Waals surface area contributed by atoms with Gasteiger partial charge in [0, 0.05) is 25.1 Å². The Kier molecular flexibility index (Phi) is 6.12. The Labute approximate surface area is 183 Å². The molecule has 0 spiro atoms. The molecule has 1 amide bonds. The van der Waals surface area contributed by atoms with Crippen molar-refractivity contribution >= 4 is 23.1 Å². The lowest BCUT2D eigenvalue weighted by molar-refractivity contribution is -0.117. The highest BCUT2D eigenvalue weighted by atomic mass is 16.5. The molecule has 5 heteroatoms. The van der Waals surface area contributed by atoms with Gasteiger partial charge >= 0.3 is 5.97 Å². The Morgan fingerprint density at radius 3 is 2.52 bits per heavy atom. The van der Waals surface area contributed by atoms with Crippen LogP contribution in [0.3, 0.4) is 0 Å². The molecule has 0 atom stereocenters. The summed E-state index contributed by atoms with van der Waals surface area (Å²) < 4.78 is 10.4. The minimum atomic E-state index is -0.379. The number of anilines is 1. The average molecular weight is 420 g/mol. The molecule has 0 aliphatic heterocycles. The van der Waals surface area contributed by atoms with E-state index in [1.165, 1.54) is 36.7 Å². The zero-order valence-electron chi connectivity index (χ0n) is 18.4. The average Bonchev–Trinajstić information content (AvgIpc) is 3.44. The molecule has 0 bridgehead atoms. The molecule has 2 aromatic rings. The van der Waals surface area contributed by atoms with Gasteiger partial charge in [-0.05, 0) is 65.8 Å². The summed E-state index contributed by atoms with van der Waals surface area (Å²) in [5.41, 5.74) is 6.16. The lowest BCUT2D eigenvalue weighted by atomic mass is 9.97. The number of hydrogen-bond acceptors (Lipinski definition) is 4. The molecule has 0 heterocycles. The van der Waals surface area contributed by atoms with Crippen LogP contribution in [0.25, 0.3) is 5.57 Å². The zero-order valence-corrected chi connectivity index (χ0v) is 18.4. The number of nitrogens with zero attached hydrogens (tertiary/aromatic N) is 1. The maximum absolute atomic E-state index is 12.5. The molecule has 2 aliphatic rings. The van der Waals surface area contributed by atoms with Gasteiger partial charge in [-0.15, -0.1) is 0 Å². The number of methoxy groups -OCH3 is 2. The Morgan fingerprint density at radius 2 is 1.84 bits per heavy atom. The van der Waals surface area contributed by atoms with Crippen LogP contribution < -0.4 is 9.64 Å². The highest BCUT2D eigenvalue weighted by Gasteiger charge is 2.27. The van der Waals surface area contributed by atoms with Crippen LogP contribution in [0.15, 0.2) is 42.5 Å². The van der Waals surface area contributed by atoms with Crippen molar-refractivity contribution in [3.05, 3.63) is 64.7 Å².